The van der Waals surface area contributed by atoms with Crippen LogP contribution in [0.4, 0.5) is 0 Å². The molecule has 0 saturated carbocycles. The minimum absolute atomic E-state index is 0.242. The first kappa shape index (κ1) is 12.9. The standard InChI is InChI=1S/C15H15NO4/c1-19-11-5-3-4-9-10(11)8-12(20-2)15(9)16-13(17)6-7-14(16)18/h3-7,12,15H,8H2,1-2H3/t12-,15-/m0/s1. The molecule has 1 heterocycles. The quantitative estimate of drug-likeness (QED) is 0.777. The highest BCUT2D eigenvalue weighted by Gasteiger charge is 2.43. The second-order valence-electron chi connectivity index (χ2n) is 4.83. The van der Waals surface area contributed by atoms with Gasteiger partial charge in [-0.15, -0.1) is 0 Å². The predicted molar refractivity (Wildman–Crippen MR) is 71.2 cm³/mol. The molecule has 0 N–H and O–H groups in total. The number of benzene rings is 1. The number of rotatable bonds is 3. The van der Waals surface area contributed by atoms with Crippen molar-refractivity contribution in [3.05, 3.63) is 41.5 Å². The zero-order valence-corrected chi connectivity index (χ0v) is 11.3. The van der Waals surface area contributed by atoms with Gasteiger partial charge in [0.25, 0.3) is 11.8 Å². The number of hydrogen-bond acceptors (Lipinski definition) is 4. The fraction of sp³-hybridized carbons (Fsp3) is 0.333. The van der Waals surface area contributed by atoms with Crippen LogP contribution in [0.3, 0.4) is 0 Å². The average Bonchev–Trinajstić information content (AvgIpc) is 2.98. The van der Waals surface area contributed by atoms with Crippen LogP contribution in [0.1, 0.15) is 17.2 Å². The Kier molecular flexibility index (Phi) is 3.06. The van der Waals surface area contributed by atoms with Crippen molar-refractivity contribution in [2.45, 2.75) is 18.6 Å². The zero-order chi connectivity index (χ0) is 14.3. The number of imide groups is 1. The minimum Gasteiger partial charge on any atom is -0.496 e. The highest BCUT2D eigenvalue weighted by molar-refractivity contribution is 6.13. The van der Waals surface area contributed by atoms with E-state index in [1.165, 1.54) is 17.1 Å². The van der Waals surface area contributed by atoms with E-state index < -0.39 is 0 Å². The van der Waals surface area contributed by atoms with Crippen LogP contribution in [0.15, 0.2) is 30.4 Å². The Morgan fingerprint density at radius 1 is 1.15 bits per heavy atom. The summed E-state index contributed by atoms with van der Waals surface area (Å²) in [6, 6.07) is 5.27. The van der Waals surface area contributed by atoms with Crippen molar-refractivity contribution in [2.75, 3.05) is 14.2 Å². The fourth-order valence-corrected chi connectivity index (χ4v) is 2.99. The number of methoxy groups -OCH3 is 2. The van der Waals surface area contributed by atoms with Gasteiger partial charge in [0.05, 0.1) is 19.3 Å². The molecule has 1 aromatic carbocycles. The smallest absolute Gasteiger partial charge is 0.254 e. The molecule has 5 nitrogen and oxygen atoms in total. The summed E-state index contributed by atoms with van der Waals surface area (Å²) in [6.45, 7) is 0. The van der Waals surface area contributed by atoms with Crippen molar-refractivity contribution in [1.82, 2.24) is 4.90 Å². The van der Waals surface area contributed by atoms with E-state index in [9.17, 15) is 9.59 Å². The lowest BCUT2D eigenvalue weighted by Crippen LogP contribution is -2.39. The van der Waals surface area contributed by atoms with E-state index in [2.05, 4.69) is 0 Å². The van der Waals surface area contributed by atoms with Crippen molar-refractivity contribution < 1.29 is 19.1 Å². The zero-order valence-electron chi connectivity index (χ0n) is 11.3. The van der Waals surface area contributed by atoms with Crippen LogP contribution >= 0.6 is 0 Å². The Balaban J connectivity index is 2.07. The lowest BCUT2D eigenvalue weighted by molar-refractivity contribution is -0.142. The van der Waals surface area contributed by atoms with Gasteiger partial charge in [-0.05, 0) is 11.6 Å². The number of fused-ring (bicyclic) bond motifs is 1. The molecule has 20 heavy (non-hydrogen) atoms. The van der Waals surface area contributed by atoms with Gasteiger partial charge in [0.2, 0.25) is 0 Å². The van der Waals surface area contributed by atoms with Gasteiger partial charge in [-0.2, -0.15) is 0 Å². The predicted octanol–water partition coefficient (Wildman–Crippen LogP) is 1.23. The minimum atomic E-state index is -0.389. The maximum Gasteiger partial charge on any atom is 0.254 e. The molecule has 2 amide bonds. The van der Waals surface area contributed by atoms with Crippen LogP contribution in [0.5, 0.6) is 5.75 Å². The fourth-order valence-electron chi connectivity index (χ4n) is 2.99. The number of carbonyl (C=O) groups excluding carboxylic acids is 2. The van der Waals surface area contributed by atoms with Gasteiger partial charge in [0, 0.05) is 31.2 Å². The van der Waals surface area contributed by atoms with E-state index >= 15 is 0 Å². The summed E-state index contributed by atoms with van der Waals surface area (Å²) >= 11 is 0. The molecule has 0 saturated heterocycles. The molecule has 1 aromatic rings. The van der Waals surface area contributed by atoms with E-state index in [-0.39, 0.29) is 24.0 Å². The third-order valence-electron chi connectivity index (χ3n) is 3.89. The second-order valence-corrected chi connectivity index (χ2v) is 4.83. The number of ether oxygens (including phenoxy) is 2. The summed E-state index contributed by atoms with van der Waals surface area (Å²) in [5.74, 6) is 0.176. The Labute approximate surface area is 116 Å². The second kappa shape index (κ2) is 4.76. The topological polar surface area (TPSA) is 55.8 Å². The molecule has 0 fully saturated rings. The van der Waals surface area contributed by atoms with Crippen molar-refractivity contribution in [2.24, 2.45) is 0 Å². The summed E-state index contributed by atoms with van der Waals surface area (Å²) in [7, 11) is 3.20. The lowest BCUT2D eigenvalue weighted by atomic mass is 10.1. The number of carbonyl (C=O) groups is 2. The van der Waals surface area contributed by atoms with Gasteiger partial charge in [0.15, 0.2) is 0 Å². The number of amides is 2. The van der Waals surface area contributed by atoms with E-state index in [0.717, 1.165) is 16.9 Å². The molecule has 3 rings (SSSR count). The first-order chi connectivity index (χ1) is 9.67. The molecule has 0 aromatic heterocycles. The highest BCUT2D eigenvalue weighted by Crippen LogP contribution is 2.42. The van der Waals surface area contributed by atoms with Crippen LogP contribution in [0, 0.1) is 0 Å². The van der Waals surface area contributed by atoms with Crippen LogP contribution in [-0.2, 0) is 20.7 Å². The Hall–Kier alpha value is -2.14. The normalized spacial score (nSPS) is 24.4. The van der Waals surface area contributed by atoms with E-state index in [0.29, 0.717) is 6.42 Å². The van der Waals surface area contributed by atoms with E-state index in [1.807, 2.05) is 18.2 Å². The van der Waals surface area contributed by atoms with Crippen molar-refractivity contribution >= 4 is 11.8 Å². The van der Waals surface area contributed by atoms with Crippen molar-refractivity contribution in [1.29, 1.82) is 0 Å². The van der Waals surface area contributed by atoms with Gasteiger partial charge in [0.1, 0.15) is 5.75 Å². The monoisotopic (exact) mass is 273 g/mol. The summed E-state index contributed by atoms with van der Waals surface area (Å²) < 4.78 is 10.8. The maximum atomic E-state index is 11.9. The SMILES string of the molecule is COc1cccc2c1C[C@H](OC)[C@H]2N1C(=O)C=CC1=O. The van der Waals surface area contributed by atoms with Gasteiger partial charge < -0.3 is 9.47 Å². The molecular formula is C15H15NO4. The maximum absolute atomic E-state index is 11.9. The molecule has 104 valence electrons. The molecule has 2 atom stereocenters. The van der Waals surface area contributed by atoms with Crippen LogP contribution in [-0.4, -0.2) is 37.0 Å². The third kappa shape index (κ3) is 1.74. The van der Waals surface area contributed by atoms with Gasteiger partial charge in [-0.1, -0.05) is 12.1 Å². The highest BCUT2D eigenvalue weighted by atomic mass is 16.5. The summed E-state index contributed by atoms with van der Waals surface area (Å²) in [6.07, 6.45) is 2.98. The summed E-state index contributed by atoms with van der Waals surface area (Å²) in [5.41, 5.74) is 1.92. The largest absolute Gasteiger partial charge is 0.496 e. The summed E-state index contributed by atoms with van der Waals surface area (Å²) in [5, 5.41) is 0. The first-order valence-corrected chi connectivity index (χ1v) is 6.41. The van der Waals surface area contributed by atoms with E-state index in [4.69, 9.17) is 9.47 Å². The van der Waals surface area contributed by atoms with Crippen molar-refractivity contribution in [3.63, 3.8) is 0 Å². The molecule has 0 unspecified atom stereocenters. The molecular weight excluding hydrogens is 258 g/mol. The lowest BCUT2D eigenvalue weighted by Gasteiger charge is -2.27. The third-order valence-corrected chi connectivity index (χ3v) is 3.89. The molecule has 0 bridgehead atoms. The van der Waals surface area contributed by atoms with Gasteiger partial charge >= 0.3 is 0 Å². The Morgan fingerprint density at radius 2 is 1.85 bits per heavy atom. The molecule has 1 aliphatic carbocycles. The van der Waals surface area contributed by atoms with Crippen LogP contribution in [0.2, 0.25) is 0 Å². The molecule has 0 spiro atoms. The number of hydrogen-bond donors (Lipinski definition) is 0. The summed E-state index contributed by atoms with van der Waals surface area (Å²) in [4.78, 5) is 25.1. The molecule has 5 heteroatoms. The van der Waals surface area contributed by atoms with Gasteiger partial charge in [-0.25, -0.2) is 0 Å². The van der Waals surface area contributed by atoms with Gasteiger partial charge in [-0.3, -0.25) is 14.5 Å². The van der Waals surface area contributed by atoms with Crippen LogP contribution in [0.25, 0.3) is 0 Å². The Bertz CT molecular complexity index is 590. The van der Waals surface area contributed by atoms with Crippen LogP contribution < -0.4 is 4.74 Å². The van der Waals surface area contributed by atoms with Crippen molar-refractivity contribution in [3.8, 4) is 5.75 Å². The number of nitrogens with zero attached hydrogens (tertiary/aromatic N) is 1. The Morgan fingerprint density at radius 3 is 2.45 bits per heavy atom. The van der Waals surface area contributed by atoms with E-state index in [1.54, 1.807) is 14.2 Å². The molecule has 0 radical (unpaired) electrons. The molecule has 2 aliphatic rings. The molecule has 1 aliphatic heterocycles. The average molecular weight is 273 g/mol. The first-order valence-electron chi connectivity index (χ1n) is 6.41.